The number of nitrogens with zero attached hydrogens (tertiary/aromatic N) is 1. The van der Waals surface area contributed by atoms with Crippen LogP contribution in [0.2, 0.25) is 0 Å². The summed E-state index contributed by atoms with van der Waals surface area (Å²) in [4.78, 5) is 25.1. The van der Waals surface area contributed by atoms with Crippen molar-refractivity contribution < 1.29 is 9.59 Å². The van der Waals surface area contributed by atoms with Gasteiger partial charge in [-0.05, 0) is 25.7 Å². The molecular weight excluding hydrogens is 230 g/mol. The van der Waals surface area contributed by atoms with E-state index in [0.717, 1.165) is 45.2 Å². The van der Waals surface area contributed by atoms with Gasteiger partial charge in [-0.2, -0.15) is 0 Å². The van der Waals surface area contributed by atoms with E-state index < -0.39 is 0 Å². The van der Waals surface area contributed by atoms with Crippen LogP contribution in [0.1, 0.15) is 39.0 Å². The lowest BCUT2D eigenvalue weighted by Crippen LogP contribution is -2.49. The lowest BCUT2D eigenvalue weighted by molar-refractivity contribution is -0.130. The first-order valence-electron chi connectivity index (χ1n) is 6.89. The molecule has 2 atom stereocenters. The van der Waals surface area contributed by atoms with Crippen LogP contribution in [-0.4, -0.2) is 41.9 Å². The van der Waals surface area contributed by atoms with Gasteiger partial charge in [-0.15, -0.1) is 0 Å². The summed E-state index contributed by atoms with van der Waals surface area (Å²) in [5.41, 5.74) is 5.93. The molecule has 5 nitrogen and oxygen atoms in total. The standard InChI is InChI=1S/C13H23N3O2/c1-9(17)16-7-5-10(6-8-16)15-13(18)11-3-2-4-12(11)14/h10-12H,2-8,14H2,1H3,(H,15,18). The highest BCUT2D eigenvalue weighted by molar-refractivity contribution is 5.80. The molecule has 2 aliphatic rings. The monoisotopic (exact) mass is 253 g/mol. The number of hydrogen-bond acceptors (Lipinski definition) is 3. The lowest BCUT2D eigenvalue weighted by atomic mass is 10.00. The van der Waals surface area contributed by atoms with Crippen LogP contribution >= 0.6 is 0 Å². The number of carbonyl (C=O) groups excluding carboxylic acids is 2. The Hall–Kier alpha value is -1.10. The first-order chi connectivity index (χ1) is 8.58. The zero-order valence-electron chi connectivity index (χ0n) is 11.0. The second-order valence-electron chi connectivity index (χ2n) is 5.49. The van der Waals surface area contributed by atoms with Crippen LogP contribution in [-0.2, 0) is 9.59 Å². The largest absolute Gasteiger partial charge is 0.353 e. The fraction of sp³-hybridized carbons (Fsp3) is 0.846. The second-order valence-corrected chi connectivity index (χ2v) is 5.49. The van der Waals surface area contributed by atoms with Crippen molar-refractivity contribution in [2.75, 3.05) is 13.1 Å². The van der Waals surface area contributed by atoms with E-state index in [1.54, 1.807) is 6.92 Å². The molecule has 0 aromatic rings. The molecule has 102 valence electrons. The predicted molar refractivity (Wildman–Crippen MR) is 68.7 cm³/mol. The molecule has 18 heavy (non-hydrogen) atoms. The molecule has 2 fully saturated rings. The highest BCUT2D eigenvalue weighted by Crippen LogP contribution is 2.24. The first-order valence-corrected chi connectivity index (χ1v) is 6.89. The van der Waals surface area contributed by atoms with Gasteiger partial charge in [0, 0.05) is 32.1 Å². The third kappa shape index (κ3) is 3.02. The SMILES string of the molecule is CC(=O)N1CCC(NC(=O)C2CCCC2N)CC1. The molecule has 0 aromatic heterocycles. The maximum atomic E-state index is 12.1. The van der Waals surface area contributed by atoms with E-state index in [4.69, 9.17) is 5.73 Å². The van der Waals surface area contributed by atoms with Crippen molar-refractivity contribution >= 4 is 11.8 Å². The fourth-order valence-corrected chi connectivity index (χ4v) is 2.96. The summed E-state index contributed by atoms with van der Waals surface area (Å²) in [6, 6.07) is 0.239. The molecule has 2 amide bonds. The molecule has 2 rings (SSSR count). The third-order valence-electron chi connectivity index (χ3n) is 4.19. The minimum absolute atomic E-state index is 0.00385. The second kappa shape index (κ2) is 5.69. The van der Waals surface area contributed by atoms with Crippen LogP contribution in [0.3, 0.4) is 0 Å². The molecule has 0 radical (unpaired) electrons. The summed E-state index contributed by atoms with van der Waals surface area (Å²) in [5, 5.41) is 3.09. The molecule has 3 N–H and O–H groups in total. The first kappa shape index (κ1) is 13.3. The molecule has 1 saturated carbocycles. The van der Waals surface area contributed by atoms with Crippen LogP contribution in [0.5, 0.6) is 0 Å². The van der Waals surface area contributed by atoms with Gasteiger partial charge in [-0.3, -0.25) is 9.59 Å². The van der Waals surface area contributed by atoms with Crippen molar-refractivity contribution in [3.63, 3.8) is 0 Å². The van der Waals surface area contributed by atoms with E-state index >= 15 is 0 Å². The molecule has 1 aliphatic heterocycles. The maximum absolute atomic E-state index is 12.1. The quantitative estimate of drug-likeness (QED) is 0.740. The summed E-state index contributed by atoms with van der Waals surface area (Å²) in [7, 11) is 0. The summed E-state index contributed by atoms with van der Waals surface area (Å²) in [6.45, 7) is 3.09. The van der Waals surface area contributed by atoms with Gasteiger partial charge in [0.1, 0.15) is 0 Å². The van der Waals surface area contributed by atoms with Gasteiger partial charge >= 0.3 is 0 Å². The highest BCUT2D eigenvalue weighted by atomic mass is 16.2. The van der Waals surface area contributed by atoms with Gasteiger partial charge in [0.25, 0.3) is 0 Å². The number of hydrogen-bond donors (Lipinski definition) is 2. The van der Waals surface area contributed by atoms with Gasteiger partial charge in [0.2, 0.25) is 11.8 Å². The fourth-order valence-electron chi connectivity index (χ4n) is 2.96. The number of rotatable bonds is 2. The Labute approximate surface area is 108 Å². The van der Waals surface area contributed by atoms with Crippen LogP contribution < -0.4 is 11.1 Å². The average Bonchev–Trinajstić information content (AvgIpc) is 2.76. The molecule has 1 heterocycles. The molecule has 2 unspecified atom stereocenters. The number of carbonyl (C=O) groups is 2. The molecule has 5 heteroatoms. The summed E-state index contributed by atoms with van der Waals surface area (Å²) in [5.74, 6) is 0.231. The predicted octanol–water partition coefficient (Wildman–Crippen LogP) is 0.241. The number of nitrogens with one attached hydrogen (secondary N) is 1. The Morgan fingerprint density at radius 1 is 1.17 bits per heavy atom. The summed E-state index contributed by atoms with van der Waals surface area (Å²) in [6.07, 6.45) is 4.64. The van der Waals surface area contributed by atoms with Crippen molar-refractivity contribution in [3.05, 3.63) is 0 Å². The number of piperidine rings is 1. The van der Waals surface area contributed by atoms with Crippen LogP contribution in [0, 0.1) is 5.92 Å². The van der Waals surface area contributed by atoms with Crippen molar-refractivity contribution in [2.24, 2.45) is 11.7 Å². The highest BCUT2D eigenvalue weighted by Gasteiger charge is 2.32. The number of amides is 2. The van der Waals surface area contributed by atoms with E-state index in [0.29, 0.717) is 0 Å². The van der Waals surface area contributed by atoms with E-state index in [2.05, 4.69) is 5.32 Å². The van der Waals surface area contributed by atoms with Crippen LogP contribution in [0.25, 0.3) is 0 Å². The Kier molecular flexibility index (Phi) is 4.22. The molecule has 1 aliphatic carbocycles. The average molecular weight is 253 g/mol. The Balaban J connectivity index is 1.77. The summed E-state index contributed by atoms with van der Waals surface area (Å²) >= 11 is 0. The van der Waals surface area contributed by atoms with Crippen molar-refractivity contribution in [2.45, 2.75) is 51.1 Å². The minimum Gasteiger partial charge on any atom is -0.353 e. The molecule has 0 bridgehead atoms. The number of likely N-dealkylation sites (tertiary alicyclic amines) is 1. The topological polar surface area (TPSA) is 75.4 Å². The minimum atomic E-state index is -0.00385. The molecule has 0 spiro atoms. The normalized spacial score (nSPS) is 29.3. The van der Waals surface area contributed by atoms with Crippen LogP contribution in [0.4, 0.5) is 0 Å². The van der Waals surface area contributed by atoms with Crippen LogP contribution in [0.15, 0.2) is 0 Å². The Morgan fingerprint density at radius 3 is 2.33 bits per heavy atom. The smallest absolute Gasteiger partial charge is 0.224 e. The van der Waals surface area contributed by atoms with E-state index in [9.17, 15) is 9.59 Å². The van der Waals surface area contributed by atoms with E-state index in [1.165, 1.54) is 0 Å². The van der Waals surface area contributed by atoms with Gasteiger partial charge in [0.15, 0.2) is 0 Å². The lowest BCUT2D eigenvalue weighted by Gasteiger charge is -2.32. The van der Waals surface area contributed by atoms with Gasteiger partial charge in [-0.25, -0.2) is 0 Å². The number of nitrogens with two attached hydrogens (primary N) is 1. The molecule has 0 aromatic carbocycles. The van der Waals surface area contributed by atoms with Gasteiger partial charge in [-0.1, -0.05) is 6.42 Å². The van der Waals surface area contributed by atoms with E-state index in [-0.39, 0.29) is 29.8 Å². The Morgan fingerprint density at radius 2 is 1.83 bits per heavy atom. The van der Waals surface area contributed by atoms with Crippen molar-refractivity contribution in [1.29, 1.82) is 0 Å². The third-order valence-corrected chi connectivity index (χ3v) is 4.19. The van der Waals surface area contributed by atoms with Crippen molar-refractivity contribution in [3.8, 4) is 0 Å². The van der Waals surface area contributed by atoms with Crippen molar-refractivity contribution in [1.82, 2.24) is 10.2 Å². The van der Waals surface area contributed by atoms with Gasteiger partial charge in [0.05, 0.1) is 5.92 Å². The Bertz CT molecular complexity index is 324. The van der Waals surface area contributed by atoms with Gasteiger partial charge < -0.3 is 16.0 Å². The molecular formula is C13H23N3O2. The molecule has 1 saturated heterocycles. The summed E-state index contributed by atoms with van der Waals surface area (Å²) < 4.78 is 0. The van der Waals surface area contributed by atoms with E-state index in [1.807, 2.05) is 4.90 Å². The zero-order chi connectivity index (χ0) is 13.1. The maximum Gasteiger partial charge on any atom is 0.224 e. The zero-order valence-corrected chi connectivity index (χ0v) is 11.0.